The van der Waals surface area contributed by atoms with Gasteiger partial charge in [-0.3, -0.25) is 5.10 Å². The van der Waals surface area contributed by atoms with Crippen LogP contribution in [0.4, 0.5) is 0 Å². The van der Waals surface area contributed by atoms with Crippen molar-refractivity contribution in [2.75, 3.05) is 0 Å². The molecule has 2 rings (SSSR count). The molecule has 0 saturated heterocycles. The van der Waals surface area contributed by atoms with Crippen molar-refractivity contribution in [2.45, 2.75) is 19.8 Å². The van der Waals surface area contributed by atoms with Crippen LogP contribution in [0.3, 0.4) is 0 Å². The van der Waals surface area contributed by atoms with Crippen LogP contribution in [0.2, 0.25) is 0 Å². The Kier molecular flexibility index (Phi) is 1.22. The molecule has 0 bridgehead atoms. The van der Waals surface area contributed by atoms with Gasteiger partial charge in [0.15, 0.2) is 5.69 Å². The Morgan fingerprint density at radius 3 is 3.18 bits per heavy atom. The van der Waals surface area contributed by atoms with Crippen molar-refractivity contribution in [1.29, 1.82) is 5.26 Å². The predicted molar refractivity (Wildman–Crippen MR) is 39.9 cm³/mol. The number of nitriles is 1. The lowest BCUT2D eigenvalue weighted by Crippen LogP contribution is -1.93. The van der Waals surface area contributed by atoms with Gasteiger partial charge >= 0.3 is 0 Å². The zero-order valence-corrected chi connectivity index (χ0v) is 6.39. The molecule has 1 unspecified atom stereocenters. The maximum atomic E-state index is 8.64. The first-order valence-corrected chi connectivity index (χ1v) is 3.77. The number of hydrogen-bond acceptors (Lipinski definition) is 2. The molecule has 0 fully saturated rings. The predicted octanol–water partition coefficient (Wildman–Crippen LogP) is 1.02. The highest BCUT2D eigenvalue weighted by Gasteiger charge is 2.23. The number of rotatable bonds is 0. The number of fused-ring (bicyclic) bond motifs is 1. The second-order valence-corrected chi connectivity index (χ2v) is 3.15. The van der Waals surface area contributed by atoms with Gasteiger partial charge in [-0.15, -0.1) is 0 Å². The summed E-state index contributed by atoms with van der Waals surface area (Å²) in [7, 11) is 0. The van der Waals surface area contributed by atoms with Crippen LogP contribution in [0.25, 0.3) is 0 Å². The molecule has 1 heterocycles. The highest BCUT2D eigenvalue weighted by atomic mass is 15.1. The molecule has 3 heteroatoms. The van der Waals surface area contributed by atoms with E-state index in [0.717, 1.165) is 24.1 Å². The molecule has 1 atom stereocenters. The third-order valence-corrected chi connectivity index (χ3v) is 2.16. The Morgan fingerprint density at radius 2 is 2.45 bits per heavy atom. The smallest absolute Gasteiger partial charge is 0.165 e. The molecule has 1 N–H and O–H groups in total. The molecule has 1 aliphatic rings. The van der Waals surface area contributed by atoms with Crippen molar-refractivity contribution in [3.05, 3.63) is 17.0 Å². The van der Waals surface area contributed by atoms with Gasteiger partial charge in [-0.25, -0.2) is 0 Å². The third-order valence-electron chi connectivity index (χ3n) is 2.16. The van der Waals surface area contributed by atoms with E-state index in [2.05, 4.69) is 23.2 Å². The second kappa shape index (κ2) is 2.09. The second-order valence-electron chi connectivity index (χ2n) is 3.15. The Hall–Kier alpha value is -1.30. The lowest BCUT2D eigenvalue weighted by Gasteiger charge is -1.95. The summed E-state index contributed by atoms with van der Waals surface area (Å²) < 4.78 is 0. The van der Waals surface area contributed by atoms with Gasteiger partial charge in [0.25, 0.3) is 0 Å². The van der Waals surface area contributed by atoms with Gasteiger partial charge in [0.05, 0.1) is 0 Å². The van der Waals surface area contributed by atoms with Crippen molar-refractivity contribution in [3.63, 3.8) is 0 Å². The molecule has 0 radical (unpaired) electrons. The standard InChI is InChI=1S/C8H9N3/c1-5-2-6-7(3-5)10-11-8(6)4-9/h5H,2-3H2,1H3,(H,10,11). The largest absolute Gasteiger partial charge is 0.281 e. The molecule has 0 saturated carbocycles. The first-order valence-electron chi connectivity index (χ1n) is 3.77. The number of aromatic nitrogens is 2. The summed E-state index contributed by atoms with van der Waals surface area (Å²) in [6.07, 6.45) is 2.05. The molecule has 1 aromatic heterocycles. The van der Waals surface area contributed by atoms with Gasteiger partial charge in [0.2, 0.25) is 0 Å². The van der Waals surface area contributed by atoms with Gasteiger partial charge in [-0.2, -0.15) is 10.4 Å². The molecule has 0 amide bonds. The van der Waals surface area contributed by atoms with Crippen LogP contribution >= 0.6 is 0 Å². The minimum atomic E-state index is 0.587. The third kappa shape index (κ3) is 0.829. The summed E-state index contributed by atoms with van der Waals surface area (Å²) >= 11 is 0. The van der Waals surface area contributed by atoms with Crippen molar-refractivity contribution < 1.29 is 0 Å². The van der Waals surface area contributed by atoms with Gasteiger partial charge in [0.1, 0.15) is 6.07 Å². The van der Waals surface area contributed by atoms with E-state index in [-0.39, 0.29) is 0 Å². The first kappa shape index (κ1) is 6.41. The van der Waals surface area contributed by atoms with Crippen LogP contribution in [-0.4, -0.2) is 10.2 Å². The van der Waals surface area contributed by atoms with Crippen LogP contribution in [-0.2, 0) is 12.8 Å². The van der Waals surface area contributed by atoms with E-state index in [9.17, 15) is 0 Å². The van der Waals surface area contributed by atoms with Crippen LogP contribution in [0.5, 0.6) is 0 Å². The fraction of sp³-hybridized carbons (Fsp3) is 0.500. The Morgan fingerprint density at radius 1 is 1.64 bits per heavy atom. The van der Waals surface area contributed by atoms with E-state index < -0.39 is 0 Å². The molecule has 0 spiro atoms. The number of nitrogens with one attached hydrogen (secondary N) is 1. The molecular weight excluding hydrogens is 138 g/mol. The number of aromatic amines is 1. The average Bonchev–Trinajstić information content (AvgIpc) is 2.45. The monoisotopic (exact) mass is 147 g/mol. The summed E-state index contributed by atoms with van der Waals surface area (Å²) in [6, 6.07) is 2.09. The van der Waals surface area contributed by atoms with Crippen molar-refractivity contribution >= 4 is 0 Å². The Bertz CT molecular complexity index is 319. The van der Waals surface area contributed by atoms with E-state index in [4.69, 9.17) is 5.26 Å². The molecule has 0 aliphatic heterocycles. The lowest BCUT2D eigenvalue weighted by atomic mass is 10.1. The molecule has 1 aromatic rings. The molecular formula is C8H9N3. The fourth-order valence-electron chi connectivity index (χ4n) is 1.65. The average molecular weight is 147 g/mol. The number of H-pyrrole nitrogens is 1. The van der Waals surface area contributed by atoms with Gasteiger partial charge < -0.3 is 0 Å². The summed E-state index contributed by atoms with van der Waals surface area (Å²) in [6.45, 7) is 2.19. The molecule has 11 heavy (non-hydrogen) atoms. The van der Waals surface area contributed by atoms with Crippen LogP contribution in [0.1, 0.15) is 23.9 Å². The molecule has 3 nitrogen and oxygen atoms in total. The summed E-state index contributed by atoms with van der Waals surface area (Å²) in [5, 5.41) is 15.4. The van der Waals surface area contributed by atoms with E-state index in [1.54, 1.807) is 0 Å². The highest BCUT2D eigenvalue weighted by molar-refractivity contribution is 5.37. The summed E-state index contributed by atoms with van der Waals surface area (Å²) in [4.78, 5) is 0. The van der Waals surface area contributed by atoms with E-state index >= 15 is 0 Å². The lowest BCUT2D eigenvalue weighted by molar-refractivity contribution is 0.615. The van der Waals surface area contributed by atoms with Gasteiger partial charge in [-0.05, 0) is 18.8 Å². The minimum absolute atomic E-state index is 0.587. The molecule has 1 aliphatic carbocycles. The van der Waals surface area contributed by atoms with Gasteiger partial charge in [0, 0.05) is 11.3 Å². The van der Waals surface area contributed by atoms with Crippen molar-refractivity contribution in [1.82, 2.24) is 10.2 Å². The van der Waals surface area contributed by atoms with E-state index in [1.807, 2.05) is 0 Å². The topological polar surface area (TPSA) is 52.5 Å². The van der Waals surface area contributed by atoms with Crippen molar-refractivity contribution in [2.24, 2.45) is 5.92 Å². The van der Waals surface area contributed by atoms with Gasteiger partial charge in [-0.1, -0.05) is 6.92 Å². The minimum Gasteiger partial charge on any atom is -0.281 e. The summed E-state index contributed by atoms with van der Waals surface area (Å²) in [5.41, 5.74) is 2.89. The van der Waals surface area contributed by atoms with E-state index in [1.165, 1.54) is 0 Å². The van der Waals surface area contributed by atoms with Crippen LogP contribution < -0.4 is 0 Å². The number of nitrogens with zero attached hydrogens (tertiary/aromatic N) is 2. The first-order chi connectivity index (χ1) is 5.31. The fourth-order valence-corrected chi connectivity index (χ4v) is 1.65. The van der Waals surface area contributed by atoms with E-state index in [0.29, 0.717) is 11.6 Å². The van der Waals surface area contributed by atoms with Crippen LogP contribution in [0.15, 0.2) is 0 Å². The summed E-state index contributed by atoms with van der Waals surface area (Å²) in [5.74, 6) is 0.673. The zero-order chi connectivity index (χ0) is 7.84. The molecule has 56 valence electrons. The maximum absolute atomic E-state index is 8.64. The number of hydrogen-bond donors (Lipinski definition) is 1. The van der Waals surface area contributed by atoms with Crippen LogP contribution in [0, 0.1) is 17.2 Å². The highest BCUT2D eigenvalue weighted by Crippen LogP contribution is 2.26. The Labute approximate surface area is 65.0 Å². The zero-order valence-electron chi connectivity index (χ0n) is 6.39. The maximum Gasteiger partial charge on any atom is 0.165 e. The quantitative estimate of drug-likeness (QED) is 0.595. The SMILES string of the molecule is CC1Cc2[nH]nc(C#N)c2C1. The van der Waals surface area contributed by atoms with Crippen molar-refractivity contribution in [3.8, 4) is 6.07 Å². The molecule has 0 aromatic carbocycles. The normalized spacial score (nSPS) is 21.3. The Balaban J connectivity index is 2.46.